The van der Waals surface area contributed by atoms with Gasteiger partial charge in [0.15, 0.2) is 0 Å². The minimum absolute atomic E-state index is 0.0675. The molecule has 2 aromatic rings. The zero-order valence-corrected chi connectivity index (χ0v) is 21.6. The van der Waals surface area contributed by atoms with Gasteiger partial charge in [-0.15, -0.1) is 0 Å². The van der Waals surface area contributed by atoms with E-state index in [4.69, 9.17) is 21.1 Å². The first-order valence-corrected chi connectivity index (χ1v) is 13.0. The number of benzene rings is 2. The smallest absolute Gasteiger partial charge is 0.306 e. The van der Waals surface area contributed by atoms with E-state index < -0.39 is 11.0 Å². The van der Waals surface area contributed by atoms with Crippen molar-refractivity contribution in [2.24, 2.45) is 11.6 Å². The number of esters is 1. The number of hydrogen-bond donors (Lipinski definition) is 2. The molecule has 0 aliphatic carbocycles. The second-order valence-electron chi connectivity index (χ2n) is 8.71. The van der Waals surface area contributed by atoms with Gasteiger partial charge in [-0.2, -0.15) is 0 Å². The number of carbonyl (C=O) groups is 1. The van der Waals surface area contributed by atoms with Crippen LogP contribution in [-0.2, 0) is 27.1 Å². The van der Waals surface area contributed by atoms with Crippen LogP contribution < -0.4 is 16.3 Å². The molecule has 0 fully saturated rings. The molecule has 2 atom stereocenters. The highest BCUT2D eigenvalue weighted by atomic mass is 32.2. The second kappa shape index (κ2) is 12.7. The van der Waals surface area contributed by atoms with E-state index in [9.17, 15) is 9.00 Å². The summed E-state index contributed by atoms with van der Waals surface area (Å²) >= 11 is 0. The topological polar surface area (TPSA) is 111 Å². The van der Waals surface area contributed by atoms with Crippen molar-refractivity contribution in [3.05, 3.63) is 71.1 Å². The van der Waals surface area contributed by atoms with Gasteiger partial charge < -0.3 is 20.2 Å². The number of nitrogens with zero attached hydrogens (tertiary/aromatic N) is 2. The number of ether oxygens (including phenoxy) is 2. The molecule has 0 saturated heterocycles. The molecule has 0 aromatic heterocycles. The summed E-state index contributed by atoms with van der Waals surface area (Å²) in [6.07, 6.45) is 3.21. The van der Waals surface area contributed by atoms with Gasteiger partial charge >= 0.3 is 5.97 Å². The summed E-state index contributed by atoms with van der Waals surface area (Å²) in [6.45, 7) is 5.71. The van der Waals surface area contributed by atoms with Crippen LogP contribution in [0.1, 0.15) is 48.8 Å². The van der Waals surface area contributed by atoms with Gasteiger partial charge in [-0.1, -0.05) is 30.3 Å². The number of rotatable bonds is 10. The van der Waals surface area contributed by atoms with Crippen molar-refractivity contribution in [3.63, 3.8) is 0 Å². The molecule has 1 aliphatic rings. The summed E-state index contributed by atoms with van der Waals surface area (Å²) in [5, 5.41) is 1.42. The number of hydrogen-bond acceptors (Lipinski definition) is 7. The lowest BCUT2D eigenvalue weighted by atomic mass is 9.88. The molecule has 3 rings (SSSR count). The first-order chi connectivity index (χ1) is 16.8. The highest BCUT2D eigenvalue weighted by Crippen LogP contribution is 2.31. The number of hydrazine groups is 1. The van der Waals surface area contributed by atoms with E-state index in [1.807, 2.05) is 35.5 Å². The van der Waals surface area contributed by atoms with Crippen LogP contribution in [0.15, 0.2) is 59.3 Å². The summed E-state index contributed by atoms with van der Waals surface area (Å²) in [5.74, 6) is 6.04. The predicted molar refractivity (Wildman–Crippen MR) is 137 cm³/mol. The lowest BCUT2D eigenvalue weighted by Gasteiger charge is -2.22. The Morgan fingerprint density at radius 2 is 2.09 bits per heavy atom. The van der Waals surface area contributed by atoms with Crippen molar-refractivity contribution in [3.8, 4) is 5.75 Å². The van der Waals surface area contributed by atoms with Crippen LogP contribution in [0.4, 0.5) is 0 Å². The number of allylic oxidation sites excluding steroid dienone is 1. The number of para-hydroxylation sites is 1. The molecule has 190 valence electrons. The maximum absolute atomic E-state index is 13.3. The first kappa shape index (κ1) is 26.7. The highest BCUT2D eigenvalue weighted by molar-refractivity contribution is 7.82. The van der Waals surface area contributed by atoms with Crippen LogP contribution in [0.25, 0.3) is 0 Å². The van der Waals surface area contributed by atoms with Crippen molar-refractivity contribution in [2.75, 3.05) is 26.8 Å². The third-order valence-corrected chi connectivity index (χ3v) is 7.42. The van der Waals surface area contributed by atoms with Crippen LogP contribution in [0.3, 0.4) is 0 Å². The van der Waals surface area contributed by atoms with E-state index in [1.165, 1.54) is 5.01 Å². The van der Waals surface area contributed by atoms with E-state index in [1.54, 1.807) is 20.2 Å². The van der Waals surface area contributed by atoms with E-state index in [0.29, 0.717) is 55.5 Å². The monoisotopic (exact) mass is 500 g/mol. The van der Waals surface area contributed by atoms with Gasteiger partial charge in [0.2, 0.25) is 0 Å². The minimum Gasteiger partial charge on any atom is -0.491 e. The maximum Gasteiger partial charge on any atom is 0.306 e. The van der Waals surface area contributed by atoms with Crippen LogP contribution in [0.5, 0.6) is 5.75 Å². The van der Waals surface area contributed by atoms with Gasteiger partial charge in [0.05, 0.1) is 17.9 Å². The zero-order chi connectivity index (χ0) is 25.4. The van der Waals surface area contributed by atoms with E-state index >= 15 is 0 Å². The average Bonchev–Trinajstić information content (AvgIpc) is 2.97. The van der Waals surface area contributed by atoms with Crippen molar-refractivity contribution in [1.82, 2.24) is 9.31 Å². The molecule has 1 aliphatic heterocycles. The number of aryl methyl sites for hydroxylation is 1. The van der Waals surface area contributed by atoms with Gasteiger partial charge in [0.1, 0.15) is 23.3 Å². The molecular formula is C26H36N4O4S. The third kappa shape index (κ3) is 7.55. The Morgan fingerprint density at radius 3 is 2.83 bits per heavy atom. The normalized spacial score (nSPS) is 17.1. The average molecular weight is 501 g/mol. The van der Waals surface area contributed by atoms with E-state index in [-0.39, 0.29) is 18.3 Å². The van der Waals surface area contributed by atoms with E-state index in [2.05, 4.69) is 18.2 Å². The molecule has 0 radical (unpaired) electrons. The van der Waals surface area contributed by atoms with Crippen molar-refractivity contribution < 1.29 is 18.5 Å². The molecule has 9 heteroatoms. The summed E-state index contributed by atoms with van der Waals surface area (Å²) in [5.41, 5.74) is 9.95. The Hall–Kier alpha value is -2.88. The van der Waals surface area contributed by atoms with E-state index in [0.717, 1.165) is 16.7 Å². The van der Waals surface area contributed by atoms with Gasteiger partial charge in [0.25, 0.3) is 0 Å². The lowest BCUT2D eigenvalue weighted by Crippen LogP contribution is -2.28. The largest absolute Gasteiger partial charge is 0.491 e. The molecule has 2 aromatic carbocycles. The molecule has 0 saturated carbocycles. The van der Waals surface area contributed by atoms with Gasteiger partial charge in [-0.25, -0.2) is 14.4 Å². The van der Waals surface area contributed by atoms with Crippen molar-refractivity contribution in [2.45, 2.75) is 50.5 Å². The Balaban J connectivity index is 1.83. The number of carbonyl (C=O) groups excluding carboxylic acids is 1. The summed E-state index contributed by atoms with van der Waals surface area (Å²) < 4.78 is 26.3. The SMILES string of the molecule is CCOC(=O)CC(CC/C(N)=C/N(C)N)c1ccc(C)c(CN2CCOc3ccccc3S2=O)c1. The fourth-order valence-electron chi connectivity index (χ4n) is 4.11. The summed E-state index contributed by atoms with van der Waals surface area (Å²) in [6, 6.07) is 13.7. The molecule has 0 bridgehead atoms. The Morgan fingerprint density at radius 1 is 1.31 bits per heavy atom. The fraction of sp³-hybridized carbons (Fsp3) is 0.423. The van der Waals surface area contributed by atoms with Gasteiger partial charge in [-0.3, -0.25) is 4.79 Å². The summed E-state index contributed by atoms with van der Waals surface area (Å²) in [4.78, 5) is 13.0. The van der Waals surface area contributed by atoms with Gasteiger partial charge in [-0.05, 0) is 61.4 Å². The molecule has 0 spiro atoms. The number of nitrogens with two attached hydrogens (primary N) is 2. The van der Waals surface area contributed by atoms with Gasteiger partial charge in [0, 0.05) is 32.0 Å². The Kier molecular flexibility index (Phi) is 9.71. The fourth-order valence-corrected chi connectivity index (χ4v) is 5.38. The van der Waals surface area contributed by atoms with Crippen molar-refractivity contribution in [1.29, 1.82) is 0 Å². The molecule has 2 unspecified atom stereocenters. The molecule has 4 N–H and O–H groups in total. The Bertz CT molecular complexity index is 1070. The maximum atomic E-state index is 13.3. The molecule has 35 heavy (non-hydrogen) atoms. The second-order valence-corrected chi connectivity index (χ2v) is 10.2. The zero-order valence-electron chi connectivity index (χ0n) is 20.7. The highest BCUT2D eigenvalue weighted by Gasteiger charge is 2.24. The Labute approximate surface area is 210 Å². The van der Waals surface area contributed by atoms with Crippen LogP contribution in [0, 0.1) is 6.92 Å². The standard InChI is InChI=1S/C26H36N4O4S/c1-4-33-26(31)16-21(11-12-23(27)18-29(3)28)20-10-9-19(2)22(15-20)17-30-13-14-34-24-7-5-6-8-25(24)35(30)32/h5-10,15,18,21H,4,11-14,16-17,27-28H2,1-3H3/b23-18-. The quantitative estimate of drug-likeness (QED) is 0.292. The lowest BCUT2D eigenvalue weighted by molar-refractivity contribution is -0.143. The summed E-state index contributed by atoms with van der Waals surface area (Å²) in [7, 11) is 0.384. The molecule has 8 nitrogen and oxygen atoms in total. The third-order valence-electron chi connectivity index (χ3n) is 5.93. The molecular weight excluding hydrogens is 464 g/mol. The van der Waals surface area contributed by atoms with Crippen LogP contribution in [0.2, 0.25) is 0 Å². The van der Waals surface area contributed by atoms with Crippen molar-refractivity contribution >= 4 is 17.0 Å². The molecule has 1 heterocycles. The van der Waals surface area contributed by atoms with Crippen LogP contribution >= 0.6 is 0 Å². The molecule has 0 amide bonds. The predicted octanol–water partition coefficient (Wildman–Crippen LogP) is 3.33. The first-order valence-electron chi connectivity index (χ1n) is 11.9. The minimum atomic E-state index is -1.33. The van der Waals surface area contributed by atoms with Crippen LogP contribution in [-0.4, -0.2) is 46.3 Å². The number of fused-ring (bicyclic) bond motifs is 1.